The predicted molar refractivity (Wildman–Crippen MR) is 108 cm³/mol. The highest BCUT2D eigenvalue weighted by atomic mass is 32.1. The Labute approximate surface area is 170 Å². The van der Waals surface area contributed by atoms with Gasteiger partial charge in [0.05, 0.1) is 24.5 Å². The molecular formula is C21H29NO5S. The molecule has 6 nitrogen and oxygen atoms in total. The van der Waals surface area contributed by atoms with E-state index in [0.29, 0.717) is 23.4 Å². The lowest BCUT2D eigenvalue weighted by molar-refractivity contribution is -0.151. The monoisotopic (exact) mass is 407 g/mol. The van der Waals surface area contributed by atoms with Crippen LogP contribution < -0.4 is 5.32 Å². The van der Waals surface area contributed by atoms with E-state index in [1.54, 1.807) is 0 Å². The van der Waals surface area contributed by atoms with E-state index in [2.05, 4.69) is 5.32 Å². The Morgan fingerprint density at radius 1 is 1.04 bits per heavy atom. The van der Waals surface area contributed by atoms with E-state index < -0.39 is 23.4 Å². The highest BCUT2D eigenvalue weighted by Crippen LogP contribution is 2.41. The molecule has 1 amide bonds. The fraction of sp³-hybridized carbons (Fsp3) is 0.667. The molecule has 3 rings (SSSR count). The second kappa shape index (κ2) is 8.23. The Hall–Kier alpha value is -1.89. The number of carbonyl (C=O) groups excluding carboxylic acids is 3. The Morgan fingerprint density at radius 3 is 2.36 bits per heavy atom. The quantitative estimate of drug-likeness (QED) is 0.760. The van der Waals surface area contributed by atoms with E-state index in [4.69, 9.17) is 9.47 Å². The fourth-order valence-electron chi connectivity index (χ4n) is 4.12. The van der Waals surface area contributed by atoms with Crippen molar-refractivity contribution < 1.29 is 23.9 Å². The van der Waals surface area contributed by atoms with Crippen molar-refractivity contribution in [1.82, 2.24) is 0 Å². The second-order valence-corrected chi connectivity index (χ2v) is 9.68. The normalized spacial score (nSPS) is 21.7. The van der Waals surface area contributed by atoms with Crippen molar-refractivity contribution in [3.8, 4) is 0 Å². The summed E-state index contributed by atoms with van der Waals surface area (Å²) in [5.41, 5.74) is 0.888. The van der Waals surface area contributed by atoms with E-state index in [1.165, 1.54) is 18.4 Å². The van der Waals surface area contributed by atoms with E-state index in [9.17, 15) is 14.4 Å². The summed E-state index contributed by atoms with van der Waals surface area (Å²) >= 11 is 1.46. The molecule has 7 heteroatoms. The molecule has 0 aliphatic heterocycles. The van der Waals surface area contributed by atoms with Crippen molar-refractivity contribution >= 4 is 34.2 Å². The first-order chi connectivity index (χ1) is 13.2. The van der Waals surface area contributed by atoms with Gasteiger partial charge >= 0.3 is 11.9 Å². The van der Waals surface area contributed by atoms with Crippen LogP contribution in [0.15, 0.2) is 0 Å². The fourth-order valence-corrected chi connectivity index (χ4v) is 5.40. The summed E-state index contributed by atoms with van der Waals surface area (Å²) in [4.78, 5) is 39.1. The average Bonchev–Trinajstić information content (AvgIpc) is 3.19. The molecule has 1 fully saturated rings. The Kier molecular flexibility index (Phi) is 6.12. The molecule has 0 bridgehead atoms. The first-order valence-corrected chi connectivity index (χ1v) is 10.8. The van der Waals surface area contributed by atoms with Crippen LogP contribution >= 0.6 is 11.3 Å². The van der Waals surface area contributed by atoms with Gasteiger partial charge in [0.15, 0.2) is 0 Å². The van der Waals surface area contributed by atoms with E-state index >= 15 is 0 Å². The molecule has 1 aromatic rings. The first kappa shape index (κ1) is 20.8. The third-order valence-corrected chi connectivity index (χ3v) is 6.57. The maximum Gasteiger partial charge on any atom is 0.341 e. The summed E-state index contributed by atoms with van der Waals surface area (Å²) in [7, 11) is 1.36. The zero-order valence-corrected chi connectivity index (χ0v) is 17.9. The SMILES string of the molecule is COC(=O)C1CCCCC1C(=O)Nc1sc2c(c1C(=O)OC(C)(C)C)CCC2. The van der Waals surface area contributed by atoms with Crippen molar-refractivity contribution in [3.05, 3.63) is 16.0 Å². The Bertz CT molecular complexity index is 776. The van der Waals surface area contributed by atoms with Crippen molar-refractivity contribution in [3.63, 3.8) is 0 Å². The van der Waals surface area contributed by atoms with Gasteiger partial charge in [-0.25, -0.2) is 4.79 Å². The summed E-state index contributed by atoms with van der Waals surface area (Å²) in [5.74, 6) is -1.78. The zero-order valence-electron chi connectivity index (χ0n) is 17.1. The van der Waals surface area contributed by atoms with Gasteiger partial charge in [-0.05, 0) is 58.4 Å². The molecule has 1 aromatic heterocycles. The van der Waals surface area contributed by atoms with Gasteiger partial charge in [0.1, 0.15) is 10.6 Å². The first-order valence-electron chi connectivity index (χ1n) is 9.98. The van der Waals surface area contributed by atoms with E-state index in [0.717, 1.165) is 42.5 Å². The van der Waals surface area contributed by atoms with Crippen LogP contribution in [-0.2, 0) is 31.9 Å². The highest BCUT2D eigenvalue weighted by Gasteiger charge is 2.38. The smallest absolute Gasteiger partial charge is 0.341 e. The lowest BCUT2D eigenvalue weighted by Gasteiger charge is -2.28. The summed E-state index contributed by atoms with van der Waals surface area (Å²) in [6.07, 6.45) is 5.89. The number of hydrogen-bond acceptors (Lipinski definition) is 6. The van der Waals surface area contributed by atoms with Gasteiger partial charge in [-0.2, -0.15) is 0 Å². The molecule has 154 valence electrons. The Balaban J connectivity index is 1.84. The van der Waals surface area contributed by atoms with Crippen LogP contribution in [0.2, 0.25) is 0 Å². The molecule has 2 aliphatic rings. The summed E-state index contributed by atoms with van der Waals surface area (Å²) < 4.78 is 10.5. The summed E-state index contributed by atoms with van der Waals surface area (Å²) in [6, 6.07) is 0. The highest BCUT2D eigenvalue weighted by molar-refractivity contribution is 7.17. The molecule has 1 saturated carbocycles. The summed E-state index contributed by atoms with van der Waals surface area (Å²) in [5, 5.41) is 3.51. The van der Waals surface area contributed by atoms with Crippen molar-refractivity contribution in [2.24, 2.45) is 11.8 Å². The topological polar surface area (TPSA) is 81.7 Å². The second-order valence-electron chi connectivity index (χ2n) is 8.57. The molecule has 0 radical (unpaired) electrons. The number of aryl methyl sites for hydroxylation is 1. The standard InChI is InChI=1S/C21H29NO5S/c1-21(2,3)27-20(25)16-14-10-7-11-15(14)28-18(16)22-17(23)12-8-5-6-9-13(12)19(24)26-4/h12-13H,5-11H2,1-4H3,(H,22,23). The van der Waals surface area contributed by atoms with Crippen LogP contribution in [0.5, 0.6) is 0 Å². The third kappa shape index (κ3) is 4.40. The van der Waals surface area contributed by atoms with Crippen molar-refractivity contribution in [1.29, 1.82) is 0 Å². The number of rotatable bonds is 4. The number of carbonyl (C=O) groups is 3. The molecular weight excluding hydrogens is 378 g/mol. The van der Waals surface area contributed by atoms with Gasteiger partial charge in [0.2, 0.25) is 5.91 Å². The Morgan fingerprint density at radius 2 is 1.71 bits per heavy atom. The molecule has 2 aliphatic carbocycles. The van der Waals surface area contributed by atoms with Crippen LogP contribution in [0, 0.1) is 11.8 Å². The molecule has 2 unspecified atom stereocenters. The summed E-state index contributed by atoms with van der Waals surface area (Å²) in [6.45, 7) is 5.50. The van der Waals surface area contributed by atoms with Crippen LogP contribution in [-0.4, -0.2) is 30.6 Å². The van der Waals surface area contributed by atoms with Gasteiger partial charge in [-0.15, -0.1) is 11.3 Å². The number of hydrogen-bond donors (Lipinski definition) is 1. The van der Waals surface area contributed by atoms with E-state index in [-0.39, 0.29) is 11.9 Å². The van der Waals surface area contributed by atoms with Gasteiger partial charge in [-0.3, -0.25) is 9.59 Å². The van der Waals surface area contributed by atoms with Crippen molar-refractivity contribution in [2.75, 3.05) is 12.4 Å². The van der Waals surface area contributed by atoms with Crippen molar-refractivity contribution in [2.45, 2.75) is 71.3 Å². The lowest BCUT2D eigenvalue weighted by atomic mass is 9.78. The maximum absolute atomic E-state index is 13.0. The number of ether oxygens (including phenoxy) is 2. The van der Waals surface area contributed by atoms with Crippen LogP contribution in [0.25, 0.3) is 0 Å². The number of fused-ring (bicyclic) bond motifs is 1. The minimum Gasteiger partial charge on any atom is -0.469 e. The van der Waals surface area contributed by atoms with Crippen LogP contribution in [0.1, 0.15) is 73.7 Å². The average molecular weight is 408 g/mol. The third-order valence-electron chi connectivity index (χ3n) is 5.37. The van der Waals surface area contributed by atoms with Gasteiger partial charge < -0.3 is 14.8 Å². The van der Waals surface area contributed by atoms with Gasteiger partial charge in [0.25, 0.3) is 0 Å². The number of nitrogens with one attached hydrogen (secondary N) is 1. The molecule has 0 spiro atoms. The largest absolute Gasteiger partial charge is 0.469 e. The molecule has 1 N–H and O–H groups in total. The number of esters is 2. The molecule has 1 heterocycles. The maximum atomic E-state index is 13.0. The van der Waals surface area contributed by atoms with Gasteiger partial charge in [-0.1, -0.05) is 12.8 Å². The molecule has 0 saturated heterocycles. The lowest BCUT2D eigenvalue weighted by Crippen LogP contribution is -2.36. The van der Waals surface area contributed by atoms with Gasteiger partial charge in [0, 0.05) is 4.88 Å². The molecule has 0 aromatic carbocycles. The van der Waals surface area contributed by atoms with E-state index in [1.807, 2.05) is 20.8 Å². The van der Waals surface area contributed by atoms with Crippen LogP contribution in [0.3, 0.4) is 0 Å². The minimum absolute atomic E-state index is 0.208. The molecule has 2 atom stereocenters. The minimum atomic E-state index is -0.606. The van der Waals surface area contributed by atoms with Crippen LogP contribution in [0.4, 0.5) is 5.00 Å². The molecule has 28 heavy (non-hydrogen) atoms. The number of anilines is 1. The number of thiophene rings is 1. The number of amides is 1. The number of methoxy groups -OCH3 is 1. The predicted octanol–water partition coefficient (Wildman–Crippen LogP) is 4.11. The zero-order chi connectivity index (χ0) is 20.5.